The summed E-state index contributed by atoms with van der Waals surface area (Å²) < 4.78 is 19.9. The molecule has 2 aromatic carbocycles. The van der Waals surface area contributed by atoms with Crippen LogP contribution in [0.15, 0.2) is 47.6 Å². The molecule has 3 aromatic rings. The molecule has 1 aromatic heterocycles. The van der Waals surface area contributed by atoms with Crippen molar-refractivity contribution >= 4 is 18.4 Å². The van der Waals surface area contributed by atoms with E-state index in [1.807, 2.05) is 0 Å². The number of methoxy groups -OCH3 is 1. The van der Waals surface area contributed by atoms with Gasteiger partial charge in [0.2, 0.25) is 4.77 Å². The van der Waals surface area contributed by atoms with E-state index in [1.165, 1.54) is 30.0 Å². The lowest BCUT2D eigenvalue weighted by molar-refractivity contribution is 0.373. The van der Waals surface area contributed by atoms with Gasteiger partial charge in [0.25, 0.3) is 0 Å². The average Bonchev–Trinajstić information content (AvgIpc) is 2.95. The Labute approximate surface area is 141 Å². The minimum Gasteiger partial charge on any atom is -0.504 e. The second-order valence-corrected chi connectivity index (χ2v) is 5.23. The van der Waals surface area contributed by atoms with Gasteiger partial charge in [0.05, 0.1) is 13.3 Å². The van der Waals surface area contributed by atoms with Crippen LogP contribution in [0.2, 0.25) is 0 Å². The minimum atomic E-state index is -0.334. The van der Waals surface area contributed by atoms with Gasteiger partial charge < -0.3 is 9.84 Å². The van der Waals surface area contributed by atoms with Crippen molar-refractivity contribution in [1.82, 2.24) is 14.9 Å². The third-order valence-corrected chi connectivity index (χ3v) is 3.54. The van der Waals surface area contributed by atoms with Crippen molar-refractivity contribution in [3.05, 3.63) is 58.6 Å². The summed E-state index contributed by atoms with van der Waals surface area (Å²) in [5.74, 6) is 0.510. The molecule has 0 unspecified atom stereocenters. The van der Waals surface area contributed by atoms with Crippen LogP contribution in [0, 0.1) is 10.6 Å². The van der Waals surface area contributed by atoms with E-state index in [4.69, 9.17) is 17.0 Å². The summed E-state index contributed by atoms with van der Waals surface area (Å²) >= 11 is 5.18. The molecule has 122 valence electrons. The molecule has 0 aliphatic carbocycles. The number of ether oxygens (including phenoxy) is 1. The molecule has 0 bridgehead atoms. The Balaban J connectivity index is 1.97. The molecule has 0 amide bonds. The first-order valence-corrected chi connectivity index (χ1v) is 7.34. The van der Waals surface area contributed by atoms with Gasteiger partial charge in [0.15, 0.2) is 17.3 Å². The fourth-order valence-corrected chi connectivity index (χ4v) is 2.26. The maximum absolute atomic E-state index is 13.1. The number of phenolic OH excluding ortho intramolecular Hbond substituents is 1. The largest absolute Gasteiger partial charge is 0.504 e. The SMILES string of the molecule is COc1cc(C=Nn2c(-c3ccc(F)cc3)n[nH]c2=S)ccc1O. The molecule has 0 aliphatic heterocycles. The number of nitrogens with one attached hydrogen (secondary N) is 1. The maximum Gasteiger partial charge on any atom is 0.216 e. The van der Waals surface area contributed by atoms with Crippen LogP contribution in [-0.4, -0.2) is 33.3 Å². The highest BCUT2D eigenvalue weighted by Crippen LogP contribution is 2.25. The van der Waals surface area contributed by atoms with Crippen molar-refractivity contribution in [3.8, 4) is 22.9 Å². The summed E-state index contributed by atoms with van der Waals surface area (Å²) in [5, 5.41) is 20.7. The zero-order valence-corrected chi connectivity index (χ0v) is 13.4. The number of aromatic amines is 1. The molecular formula is C16H13FN4O2S. The van der Waals surface area contributed by atoms with Crippen molar-refractivity contribution in [2.75, 3.05) is 7.11 Å². The zero-order valence-electron chi connectivity index (χ0n) is 12.6. The molecule has 24 heavy (non-hydrogen) atoms. The molecule has 0 radical (unpaired) electrons. The standard InChI is InChI=1S/C16H13FN4O2S/c1-23-14-8-10(2-7-13(14)22)9-18-21-15(19-20-16(21)24)11-3-5-12(17)6-4-11/h2-9,22H,1H3,(H,20,24). The number of rotatable bonds is 4. The van der Waals surface area contributed by atoms with Gasteiger partial charge >= 0.3 is 0 Å². The summed E-state index contributed by atoms with van der Waals surface area (Å²) in [5.41, 5.74) is 1.38. The Hall–Kier alpha value is -3.00. The topological polar surface area (TPSA) is 75.4 Å². The van der Waals surface area contributed by atoms with Crippen LogP contribution in [0.1, 0.15) is 5.56 Å². The van der Waals surface area contributed by atoms with Gasteiger partial charge in [-0.15, -0.1) is 0 Å². The molecule has 1 heterocycles. The molecule has 3 rings (SSSR count). The highest BCUT2D eigenvalue weighted by atomic mass is 32.1. The van der Waals surface area contributed by atoms with E-state index in [0.29, 0.717) is 27.5 Å². The Morgan fingerprint density at radius 1 is 1.29 bits per heavy atom. The normalized spacial score (nSPS) is 11.1. The van der Waals surface area contributed by atoms with Gasteiger partial charge in [-0.25, -0.2) is 9.49 Å². The molecule has 6 nitrogen and oxygen atoms in total. The van der Waals surface area contributed by atoms with Crippen LogP contribution < -0.4 is 4.74 Å². The van der Waals surface area contributed by atoms with E-state index in [-0.39, 0.29) is 11.6 Å². The lowest BCUT2D eigenvalue weighted by Crippen LogP contribution is -1.95. The van der Waals surface area contributed by atoms with Gasteiger partial charge in [0, 0.05) is 5.56 Å². The molecule has 2 N–H and O–H groups in total. The monoisotopic (exact) mass is 344 g/mol. The fraction of sp³-hybridized carbons (Fsp3) is 0.0625. The van der Waals surface area contributed by atoms with E-state index in [9.17, 15) is 9.50 Å². The van der Waals surface area contributed by atoms with E-state index in [2.05, 4.69) is 15.3 Å². The summed E-state index contributed by atoms with van der Waals surface area (Å²) in [7, 11) is 1.47. The number of hydrogen-bond donors (Lipinski definition) is 2. The Kier molecular flexibility index (Phi) is 4.39. The molecule has 0 saturated heterocycles. The third-order valence-electron chi connectivity index (χ3n) is 3.28. The molecule has 0 saturated carbocycles. The maximum atomic E-state index is 13.1. The van der Waals surface area contributed by atoms with Crippen LogP contribution in [-0.2, 0) is 0 Å². The number of benzene rings is 2. The number of nitrogens with zero attached hydrogens (tertiary/aromatic N) is 3. The van der Waals surface area contributed by atoms with Crippen LogP contribution in [0.5, 0.6) is 11.5 Å². The summed E-state index contributed by atoms with van der Waals surface area (Å²) in [6, 6.07) is 10.7. The van der Waals surface area contributed by atoms with Gasteiger partial charge in [-0.3, -0.25) is 0 Å². The lowest BCUT2D eigenvalue weighted by Gasteiger charge is -2.04. The summed E-state index contributed by atoms with van der Waals surface area (Å²) in [6.45, 7) is 0. The van der Waals surface area contributed by atoms with E-state index >= 15 is 0 Å². The van der Waals surface area contributed by atoms with Crippen LogP contribution in [0.4, 0.5) is 4.39 Å². The van der Waals surface area contributed by atoms with Crippen molar-refractivity contribution in [2.45, 2.75) is 0 Å². The smallest absolute Gasteiger partial charge is 0.216 e. The number of aromatic nitrogens is 3. The zero-order chi connectivity index (χ0) is 17.1. The number of hydrogen-bond acceptors (Lipinski definition) is 5. The number of halogens is 1. The fourth-order valence-electron chi connectivity index (χ4n) is 2.08. The Morgan fingerprint density at radius 2 is 2.04 bits per heavy atom. The Morgan fingerprint density at radius 3 is 2.75 bits per heavy atom. The number of aromatic hydroxyl groups is 1. The average molecular weight is 344 g/mol. The summed E-state index contributed by atoms with van der Waals surface area (Å²) in [4.78, 5) is 0. The molecule has 0 fully saturated rings. The van der Waals surface area contributed by atoms with Gasteiger partial charge in [0.1, 0.15) is 5.82 Å². The van der Waals surface area contributed by atoms with E-state index in [1.54, 1.807) is 30.5 Å². The van der Waals surface area contributed by atoms with E-state index < -0.39 is 0 Å². The highest BCUT2D eigenvalue weighted by molar-refractivity contribution is 7.71. The van der Waals surface area contributed by atoms with Gasteiger partial charge in [-0.1, -0.05) is 0 Å². The van der Waals surface area contributed by atoms with Crippen molar-refractivity contribution in [3.63, 3.8) is 0 Å². The van der Waals surface area contributed by atoms with Crippen LogP contribution in [0.25, 0.3) is 11.4 Å². The second kappa shape index (κ2) is 6.63. The number of phenols is 1. The third kappa shape index (κ3) is 3.18. The second-order valence-electron chi connectivity index (χ2n) is 4.85. The van der Waals surface area contributed by atoms with E-state index in [0.717, 1.165) is 0 Å². The first-order chi connectivity index (χ1) is 11.6. The molecule has 8 heteroatoms. The molecule has 0 aliphatic rings. The van der Waals surface area contributed by atoms with Crippen molar-refractivity contribution < 1.29 is 14.2 Å². The van der Waals surface area contributed by atoms with Gasteiger partial charge in [-0.05, 0) is 60.2 Å². The lowest BCUT2D eigenvalue weighted by atomic mass is 10.2. The summed E-state index contributed by atoms with van der Waals surface area (Å²) in [6.07, 6.45) is 1.56. The van der Waals surface area contributed by atoms with Crippen LogP contribution in [0.3, 0.4) is 0 Å². The van der Waals surface area contributed by atoms with Crippen LogP contribution >= 0.6 is 12.2 Å². The Bertz CT molecular complexity index is 947. The van der Waals surface area contributed by atoms with Crippen molar-refractivity contribution in [1.29, 1.82) is 0 Å². The predicted octanol–water partition coefficient (Wildman–Crippen LogP) is 3.34. The first kappa shape index (κ1) is 15.9. The highest BCUT2D eigenvalue weighted by Gasteiger charge is 2.08. The molecule has 0 spiro atoms. The minimum absolute atomic E-state index is 0.0431. The van der Waals surface area contributed by atoms with Crippen molar-refractivity contribution in [2.24, 2.45) is 5.10 Å². The quantitative estimate of drug-likeness (QED) is 0.562. The number of H-pyrrole nitrogens is 1. The molecular weight excluding hydrogens is 331 g/mol. The molecule has 0 atom stereocenters. The van der Waals surface area contributed by atoms with Gasteiger partial charge in [-0.2, -0.15) is 14.9 Å². The first-order valence-electron chi connectivity index (χ1n) is 6.93. The predicted molar refractivity (Wildman–Crippen MR) is 90.5 cm³/mol.